The minimum Gasteiger partial charge on any atom is -0.340 e. The summed E-state index contributed by atoms with van der Waals surface area (Å²) < 4.78 is 0. The van der Waals surface area contributed by atoms with E-state index in [0.29, 0.717) is 12.4 Å². The van der Waals surface area contributed by atoms with Crippen molar-refractivity contribution < 1.29 is 9.59 Å². The molecule has 0 aliphatic carbocycles. The zero-order valence-electron chi connectivity index (χ0n) is 13.2. The number of hydrogen-bond donors (Lipinski definition) is 1. The number of amides is 2. The molecular formula is C15H22N4O2. The van der Waals surface area contributed by atoms with E-state index < -0.39 is 11.6 Å². The second-order valence-electron chi connectivity index (χ2n) is 6.33. The Morgan fingerprint density at radius 1 is 1.38 bits per heavy atom. The monoisotopic (exact) mass is 290 g/mol. The summed E-state index contributed by atoms with van der Waals surface area (Å²) >= 11 is 0. The summed E-state index contributed by atoms with van der Waals surface area (Å²) in [5.41, 5.74) is -0.142. The zero-order chi connectivity index (χ0) is 15.8. The molecule has 6 heteroatoms. The number of rotatable bonds is 3. The first-order valence-corrected chi connectivity index (χ1v) is 7.14. The van der Waals surface area contributed by atoms with Crippen molar-refractivity contribution in [3.05, 3.63) is 23.8 Å². The number of aromatic nitrogens is 2. The van der Waals surface area contributed by atoms with Gasteiger partial charge in [-0.2, -0.15) is 0 Å². The SMILES string of the molecule is Cc1nccc(CN2C(=O)C(C)(C)NC(=O)C2C(C)C)n1. The van der Waals surface area contributed by atoms with E-state index in [1.165, 1.54) is 0 Å². The third kappa shape index (κ3) is 3.04. The van der Waals surface area contributed by atoms with Gasteiger partial charge in [-0.3, -0.25) is 9.59 Å². The van der Waals surface area contributed by atoms with Gasteiger partial charge in [-0.25, -0.2) is 9.97 Å². The second-order valence-corrected chi connectivity index (χ2v) is 6.33. The van der Waals surface area contributed by atoms with Gasteiger partial charge < -0.3 is 10.2 Å². The molecule has 1 aliphatic rings. The number of nitrogens with one attached hydrogen (secondary N) is 1. The summed E-state index contributed by atoms with van der Waals surface area (Å²) in [5.74, 6) is 0.493. The van der Waals surface area contributed by atoms with Crippen LogP contribution in [0.1, 0.15) is 39.2 Å². The molecule has 1 aromatic rings. The molecule has 1 saturated heterocycles. The second kappa shape index (κ2) is 5.42. The van der Waals surface area contributed by atoms with Crippen LogP contribution in [0.3, 0.4) is 0 Å². The van der Waals surface area contributed by atoms with Gasteiger partial charge in [0.25, 0.3) is 0 Å². The molecule has 0 aromatic carbocycles. The Bertz CT molecular complexity index is 569. The maximum absolute atomic E-state index is 12.7. The van der Waals surface area contributed by atoms with Crippen LogP contribution in [0.15, 0.2) is 12.3 Å². The quantitative estimate of drug-likeness (QED) is 0.902. The number of hydrogen-bond acceptors (Lipinski definition) is 4. The number of aryl methyl sites for hydroxylation is 1. The van der Waals surface area contributed by atoms with Gasteiger partial charge in [0, 0.05) is 6.20 Å². The van der Waals surface area contributed by atoms with Crippen LogP contribution in [0.25, 0.3) is 0 Å². The molecule has 1 fully saturated rings. The number of piperazine rings is 1. The van der Waals surface area contributed by atoms with Crippen LogP contribution in [-0.2, 0) is 16.1 Å². The van der Waals surface area contributed by atoms with Crippen molar-refractivity contribution in [3.63, 3.8) is 0 Å². The van der Waals surface area contributed by atoms with Crippen molar-refractivity contribution in [3.8, 4) is 0 Å². The molecule has 21 heavy (non-hydrogen) atoms. The van der Waals surface area contributed by atoms with Gasteiger partial charge in [0.15, 0.2) is 0 Å². The molecule has 2 rings (SSSR count). The summed E-state index contributed by atoms with van der Waals surface area (Å²) in [6, 6.07) is 1.30. The molecule has 2 amide bonds. The molecule has 1 aliphatic heterocycles. The van der Waals surface area contributed by atoms with E-state index in [9.17, 15) is 9.59 Å². The maximum Gasteiger partial charge on any atom is 0.248 e. The maximum atomic E-state index is 12.7. The van der Waals surface area contributed by atoms with Crippen molar-refractivity contribution >= 4 is 11.8 Å². The van der Waals surface area contributed by atoms with E-state index in [1.807, 2.05) is 13.8 Å². The van der Waals surface area contributed by atoms with E-state index in [2.05, 4.69) is 15.3 Å². The third-order valence-electron chi connectivity index (χ3n) is 3.63. The zero-order valence-corrected chi connectivity index (χ0v) is 13.2. The topological polar surface area (TPSA) is 75.2 Å². The number of nitrogens with zero attached hydrogens (tertiary/aromatic N) is 3. The van der Waals surface area contributed by atoms with E-state index >= 15 is 0 Å². The van der Waals surface area contributed by atoms with Crippen LogP contribution >= 0.6 is 0 Å². The molecule has 1 unspecified atom stereocenters. The Morgan fingerprint density at radius 2 is 2.05 bits per heavy atom. The molecule has 0 radical (unpaired) electrons. The summed E-state index contributed by atoms with van der Waals surface area (Å²) in [6.45, 7) is 9.45. The van der Waals surface area contributed by atoms with Gasteiger partial charge in [0.05, 0.1) is 12.2 Å². The van der Waals surface area contributed by atoms with Crippen LogP contribution < -0.4 is 5.32 Å². The van der Waals surface area contributed by atoms with Crippen molar-refractivity contribution in [1.82, 2.24) is 20.2 Å². The lowest BCUT2D eigenvalue weighted by atomic mass is 9.91. The number of carbonyl (C=O) groups excluding carboxylic acids is 2. The number of carbonyl (C=O) groups is 2. The average Bonchev–Trinajstić information content (AvgIpc) is 2.34. The van der Waals surface area contributed by atoms with Crippen molar-refractivity contribution in [1.29, 1.82) is 0 Å². The largest absolute Gasteiger partial charge is 0.340 e. The van der Waals surface area contributed by atoms with Gasteiger partial charge in [0.2, 0.25) is 11.8 Å². The smallest absolute Gasteiger partial charge is 0.248 e. The normalized spacial score (nSPS) is 21.6. The first-order chi connectivity index (χ1) is 9.72. The molecule has 2 heterocycles. The highest BCUT2D eigenvalue weighted by Gasteiger charge is 2.46. The van der Waals surface area contributed by atoms with Gasteiger partial charge in [0.1, 0.15) is 17.4 Å². The van der Waals surface area contributed by atoms with E-state index in [0.717, 1.165) is 5.69 Å². The molecule has 0 bridgehead atoms. The molecule has 1 aromatic heterocycles. The predicted octanol–water partition coefficient (Wildman–Crippen LogP) is 1.05. The molecule has 6 nitrogen and oxygen atoms in total. The van der Waals surface area contributed by atoms with Crippen molar-refractivity contribution in [2.75, 3.05) is 0 Å². The Kier molecular flexibility index (Phi) is 3.98. The van der Waals surface area contributed by atoms with Crippen LogP contribution in [0.5, 0.6) is 0 Å². The van der Waals surface area contributed by atoms with E-state index in [1.54, 1.807) is 37.9 Å². The Labute approximate surface area is 125 Å². The highest BCUT2D eigenvalue weighted by molar-refractivity contribution is 5.99. The summed E-state index contributed by atoms with van der Waals surface area (Å²) in [4.78, 5) is 35.0. The first-order valence-electron chi connectivity index (χ1n) is 7.14. The van der Waals surface area contributed by atoms with Crippen LogP contribution in [-0.4, -0.2) is 38.3 Å². The molecule has 0 spiro atoms. The van der Waals surface area contributed by atoms with Gasteiger partial charge in [-0.05, 0) is 32.8 Å². The Balaban J connectivity index is 2.35. The third-order valence-corrected chi connectivity index (χ3v) is 3.63. The molecule has 1 N–H and O–H groups in total. The van der Waals surface area contributed by atoms with Crippen LogP contribution in [0, 0.1) is 12.8 Å². The highest BCUT2D eigenvalue weighted by Crippen LogP contribution is 2.24. The van der Waals surface area contributed by atoms with Crippen molar-refractivity contribution in [2.24, 2.45) is 5.92 Å². The minimum absolute atomic E-state index is 0.0352. The average molecular weight is 290 g/mol. The molecule has 1 atom stereocenters. The van der Waals surface area contributed by atoms with Crippen molar-refractivity contribution in [2.45, 2.75) is 52.7 Å². The standard InChI is InChI=1S/C15H22N4O2/c1-9(2)12-13(20)18-15(4,5)14(21)19(12)8-11-6-7-16-10(3)17-11/h6-7,9,12H,8H2,1-5H3,(H,18,20). The fraction of sp³-hybridized carbons (Fsp3) is 0.600. The summed E-state index contributed by atoms with van der Waals surface area (Å²) in [5, 5.41) is 2.80. The molecular weight excluding hydrogens is 268 g/mol. The lowest BCUT2D eigenvalue weighted by Crippen LogP contribution is -2.68. The van der Waals surface area contributed by atoms with Gasteiger partial charge in [-0.1, -0.05) is 13.8 Å². The Hall–Kier alpha value is -1.98. The molecule has 0 saturated carbocycles. The first kappa shape index (κ1) is 15.4. The van der Waals surface area contributed by atoms with Crippen LogP contribution in [0.4, 0.5) is 0 Å². The van der Waals surface area contributed by atoms with Crippen LogP contribution in [0.2, 0.25) is 0 Å². The lowest BCUT2D eigenvalue weighted by Gasteiger charge is -2.44. The molecule has 114 valence electrons. The van der Waals surface area contributed by atoms with Gasteiger partial charge in [-0.15, -0.1) is 0 Å². The van der Waals surface area contributed by atoms with Gasteiger partial charge >= 0.3 is 0 Å². The predicted molar refractivity (Wildman–Crippen MR) is 78.2 cm³/mol. The highest BCUT2D eigenvalue weighted by atomic mass is 16.2. The Morgan fingerprint density at radius 3 is 2.62 bits per heavy atom. The lowest BCUT2D eigenvalue weighted by molar-refractivity contribution is -0.156. The van der Waals surface area contributed by atoms with E-state index in [4.69, 9.17) is 0 Å². The fourth-order valence-electron chi connectivity index (χ4n) is 2.66. The minimum atomic E-state index is -0.884. The fourth-order valence-corrected chi connectivity index (χ4v) is 2.66. The van der Waals surface area contributed by atoms with E-state index in [-0.39, 0.29) is 17.7 Å². The summed E-state index contributed by atoms with van der Waals surface area (Å²) in [7, 11) is 0. The summed E-state index contributed by atoms with van der Waals surface area (Å²) in [6.07, 6.45) is 1.67.